The van der Waals surface area contributed by atoms with Gasteiger partial charge >= 0.3 is 0 Å². The number of nitrogens with zero attached hydrogens (tertiary/aromatic N) is 1. The van der Waals surface area contributed by atoms with Crippen molar-refractivity contribution in [3.8, 4) is 0 Å². The summed E-state index contributed by atoms with van der Waals surface area (Å²) in [6, 6.07) is 5.68. The maximum atomic E-state index is 12.1. The Balaban J connectivity index is 2.09. The van der Waals surface area contributed by atoms with Crippen LogP contribution in [-0.2, 0) is 0 Å². The van der Waals surface area contributed by atoms with Crippen LogP contribution in [0, 0.1) is 10.1 Å². The molecule has 1 aliphatic carbocycles. The van der Waals surface area contributed by atoms with E-state index in [-0.39, 0.29) is 17.1 Å². The summed E-state index contributed by atoms with van der Waals surface area (Å²) >= 11 is 3.46. The molecule has 0 aromatic heterocycles. The fourth-order valence-electron chi connectivity index (χ4n) is 2.39. The number of rotatable bonds is 4. The number of amides is 1. The highest BCUT2D eigenvalue weighted by atomic mass is 79.9. The van der Waals surface area contributed by atoms with Crippen LogP contribution in [0.15, 0.2) is 24.3 Å². The van der Waals surface area contributed by atoms with Crippen LogP contribution in [0.25, 0.3) is 0 Å². The number of hydrogen-bond donors (Lipinski definition) is 1. The molecule has 1 amide bonds. The number of carbonyl (C=O) groups is 1. The number of nitrogens with one attached hydrogen (secondary N) is 1. The van der Waals surface area contributed by atoms with E-state index in [0.717, 1.165) is 31.0 Å². The molecule has 0 radical (unpaired) electrons. The molecule has 6 heteroatoms. The maximum Gasteiger partial charge on any atom is 0.269 e. The molecule has 2 rings (SSSR count). The minimum atomic E-state index is -0.474. The Morgan fingerprint density at radius 3 is 2.37 bits per heavy atom. The monoisotopic (exact) mass is 326 g/mol. The molecule has 1 aromatic rings. The third-order valence-corrected chi connectivity index (χ3v) is 4.61. The fourth-order valence-corrected chi connectivity index (χ4v) is 3.09. The zero-order chi connectivity index (χ0) is 13.9. The van der Waals surface area contributed by atoms with E-state index >= 15 is 0 Å². The summed E-state index contributed by atoms with van der Waals surface area (Å²) in [7, 11) is 0. The maximum absolute atomic E-state index is 12.1. The van der Waals surface area contributed by atoms with E-state index in [0.29, 0.717) is 5.56 Å². The Kier molecular flexibility index (Phi) is 4.19. The van der Waals surface area contributed by atoms with Crippen LogP contribution >= 0.6 is 15.9 Å². The number of hydrogen-bond acceptors (Lipinski definition) is 3. The Morgan fingerprint density at radius 1 is 1.32 bits per heavy atom. The topological polar surface area (TPSA) is 72.2 Å². The highest BCUT2D eigenvalue weighted by Crippen LogP contribution is 2.31. The number of alkyl halides is 1. The summed E-state index contributed by atoms with van der Waals surface area (Å²) < 4.78 is 0. The molecule has 0 unspecified atom stereocenters. The summed E-state index contributed by atoms with van der Waals surface area (Å²) in [4.78, 5) is 22.2. The second-order valence-corrected chi connectivity index (χ2v) is 5.44. The summed E-state index contributed by atoms with van der Waals surface area (Å²) in [6.45, 7) is 0. The van der Waals surface area contributed by atoms with Crippen molar-refractivity contribution in [2.75, 3.05) is 5.33 Å². The number of carbonyl (C=O) groups excluding carboxylic acids is 1. The summed E-state index contributed by atoms with van der Waals surface area (Å²) in [5, 5.41) is 14.3. The predicted molar refractivity (Wildman–Crippen MR) is 75.6 cm³/mol. The second kappa shape index (κ2) is 5.69. The molecule has 1 aliphatic rings. The van der Waals surface area contributed by atoms with Gasteiger partial charge in [-0.25, -0.2) is 0 Å². The smallest absolute Gasteiger partial charge is 0.269 e. The van der Waals surface area contributed by atoms with Gasteiger partial charge in [0.15, 0.2) is 0 Å². The van der Waals surface area contributed by atoms with Crippen LogP contribution < -0.4 is 5.32 Å². The first-order chi connectivity index (χ1) is 9.06. The zero-order valence-corrected chi connectivity index (χ0v) is 12.0. The quantitative estimate of drug-likeness (QED) is 0.525. The number of halogens is 1. The lowest BCUT2D eigenvalue weighted by Crippen LogP contribution is -2.47. The SMILES string of the molecule is O=C(NC1(CBr)CCCC1)c1ccc([N+](=O)[O-])cc1. The number of nitro groups is 1. The standard InChI is InChI=1S/C13H15BrN2O3/c14-9-13(7-1-2-8-13)15-12(17)10-3-5-11(6-4-10)16(18)19/h3-6H,1-2,7-9H2,(H,15,17). The van der Waals surface area contributed by atoms with Gasteiger partial charge in [-0.05, 0) is 25.0 Å². The van der Waals surface area contributed by atoms with Crippen molar-refractivity contribution < 1.29 is 9.72 Å². The van der Waals surface area contributed by atoms with Crippen LogP contribution in [-0.4, -0.2) is 21.7 Å². The number of nitro benzene ring substituents is 1. The Labute approximate surface area is 119 Å². The average Bonchev–Trinajstić information content (AvgIpc) is 2.88. The Hall–Kier alpha value is -1.43. The summed E-state index contributed by atoms with van der Waals surface area (Å²) in [5.41, 5.74) is 0.282. The molecule has 0 saturated heterocycles. The first-order valence-electron chi connectivity index (χ1n) is 6.19. The third kappa shape index (κ3) is 3.12. The molecule has 0 bridgehead atoms. The van der Waals surface area contributed by atoms with Crippen LogP contribution in [0.2, 0.25) is 0 Å². The van der Waals surface area contributed by atoms with Crippen LogP contribution in [0.5, 0.6) is 0 Å². The molecular weight excluding hydrogens is 312 g/mol. The van der Waals surface area contributed by atoms with E-state index in [1.165, 1.54) is 24.3 Å². The first kappa shape index (κ1) is 14.0. The van der Waals surface area contributed by atoms with Gasteiger partial charge in [0.1, 0.15) is 0 Å². The van der Waals surface area contributed by atoms with Gasteiger partial charge in [-0.15, -0.1) is 0 Å². The molecular formula is C13H15BrN2O3. The molecule has 1 fully saturated rings. The molecule has 102 valence electrons. The molecule has 5 nitrogen and oxygen atoms in total. The molecule has 19 heavy (non-hydrogen) atoms. The average molecular weight is 327 g/mol. The zero-order valence-electron chi connectivity index (χ0n) is 10.4. The normalized spacial score (nSPS) is 17.1. The van der Waals surface area contributed by atoms with Crippen LogP contribution in [0.1, 0.15) is 36.0 Å². The molecule has 1 aromatic carbocycles. The van der Waals surface area contributed by atoms with Gasteiger partial charge < -0.3 is 5.32 Å². The largest absolute Gasteiger partial charge is 0.346 e. The van der Waals surface area contributed by atoms with E-state index in [4.69, 9.17) is 0 Å². The lowest BCUT2D eigenvalue weighted by molar-refractivity contribution is -0.384. The van der Waals surface area contributed by atoms with Crippen molar-refractivity contribution in [2.24, 2.45) is 0 Å². The number of benzene rings is 1. The molecule has 0 spiro atoms. The van der Waals surface area contributed by atoms with Gasteiger partial charge in [-0.2, -0.15) is 0 Å². The van der Waals surface area contributed by atoms with Crippen LogP contribution in [0.3, 0.4) is 0 Å². The lowest BCUT2D eigenvalue weighted by atomic mass is 10.00. The second-order valence-electron chi connectivity index (χ2n) is 4.88. The molecule has 1 saturated carbocycles. The highest BCUT2D eigenvalue weighted by Gasteiger charge is 2.34. The van der Waals surface area contributed by atoms with Crippen molar-refractivity contribution in [2.45, 2.75) is 31.2 Å². The molecule has 1 N–H and O–H groups in total. The minimum absolute atomic E-state index is 0.00683. The van der Waals surface area contributed by atoms with Crippen molar-refractivity contribution in [3.63, 3.8) is 0 Å². The van der Waals surface area contributed by atoms with Crippen molar-refractivity contribution in [1.82, 2.24) is 5.32 Å². The van der Waals surface area contributed by atoms with E-state index in [1.807, 2.05) is 0 Å². The van der Waals surface area contributed by atoms with Crippen molar-refractivity contribution in [1.29, 1.82) is 0 Å². The Morgan fingerprint density at radius 2 is 1.89 bits per heavy atom. The Bertz CT molecular complexity index is 481. The first-order valence-corrected chi connectivity index (χ1v) is 7.31. The van der Waals surface area contributed by atoms with Gasteiger partial charge in [0.25, 0.3) is 11.6 Å². The number of non-ortho nitro benzene ring substituents is 1. The van der Waals surface area contributed by atoms with Gasteiger partial charge in [-0.3, -0.25) is 14.9 Å². The van der Waals surface area contributed by atoms with Crippen molar-refractivity contribution >= 4 is 27.5 Å². The summed E-state index contributed by atoms with van der Waals surface area (Å²) in [5.74, 6) is -0.170. The van der Waals surface area contributed by atoms with E-state index in [2.05, 4.69) is 21.2 Å². The van der Waals surface area contributed by atoms with Gasteiger partial charge in [-0.1, -0.05) is 28.8 Å². The molecule has 0 atom stereocenters. The predicted octanol–water partition coefficient (Wildman–Crippen LogP) is 3.03. The fraction of sp³-hybridized carbons (Fsp3) is 0.462. The lowest BCUT2D eigenvalue weighted by Gasteiger charge is -2.28. The van der Waals surface area contributed by atoms with Gasteiger partial charge in [0, 0.05) is 23.0 Å². The van der Waals surface area contributed by atoms with Crippen molar-refractivity contribution in [3.05, 3.63) is 39.9 Å². The van der Waals surface area contributed by atoms with Gasteiger partial charge in [0.05, 0.1) is 10.5 Å². The van der Waals surface area contributed by atoms with E-state index in [9.17, 15) is 14.9 Å². The molecule has 0 aliphatic heterocycles. The molecule has 0 heterocycles. The van der Waals surface area contributed by atoms with Gasteiger partial charge in [0.2, 0.25) is 0 Å². The van der Waals surface area contributed by atoms with E-state index < -0.39 is 4.92 Å². The van der Waals surface area contributed by atoms with E-state index in [1.54, 1.807) is 0 Å². The third-order valence-electron chi connectivity index (χ3n) is 3.54. The van der Waals surface area contributed by atoms with Crippen LogP contribution in [0.4, 0.5) is 5.69 Å². The highest BCUT2D eigenvalue weighted by molar-refractivity contribution is 9.09. The summed E-state index contributed by atoms with van der Waals surface area (Å²) in [6.07, 6.45) is 4.17. The minimum Gasteiger partial charge on any atom is -0.346 e.